The first-order chi connectivity index (χ1) is 11.1. The summed E-state index contributed by atoms with van der Waals surface area (Å²) < 4.78 is 46.0. The van der Waals surface area contributed by atoms with Crippen molar-refractivity contribution in [2.24, 2.45) is 0 Å². The molecular formula is C14H12ClF3N2O4. The summed E-state index contributed by atoms with van der Waals surface area (Å²) >= 11 is 5.92. The van der Waals surface area contributed by atoms with E-state index in [1.54, 1.807) is 0 Å². The number of likely N-dealkylation sites (tertiary alicyclic amines) is 1. The van der Waals surface area contributed by atoms with Gasteiger partial charge in [0.05, 0.1) is 6.54 Å². The molecule has 2 heterocycles. The predicted octanol–water partition coefficient (Wildman–Crippen LogP) is 2.07. The van der Waals surface area contributed by atoms with E-state index in [1.165, 1.54) is 24.0 Å². The van der Waals surface area contributed by atoms with Crippen LogP contribution in [0.5, 0.6) is 5.75 Å². The number of hydrogen-bond acceptors (Lipinski definition) is 4. The molecule has 2 aliphatic heterocycles. The Kier molecular flexibility index (Phi) is 3.88. The number of hydrogen-bond donors (Lipinski definition) is 0. The second-order valence-corrected chi connectivity index (χ2v) is 6.42. The molecule has 0 N–H and O–H groups in total. The minimum absolute atomic E-state index is 0.148. The Morgan fingerprint density at radius 2 is 2.08 bits per heavy atom. The van der Waals surface area contributed by atoms with E-state index in [2.05, 4.69) is 4.74 Å². The van der Waals surface area contributed by atoms with Crippen LogP contribution in [0.3, 0.4) is 0 Å². The van der Waals surface area contributed by atoms with Crippen molar-refractivity contribution in [3.8, 4) is 5.75 Å². The summed E-state index contributed by atoms with van der Waals surface area (Å²) in [4.78, 5) is 25.5. The van der Waals surface area contributed by atoms with Gasteiger partial charge < -0.3 is 14.4 Å². The summed E-state index contributed by atoms with van der Waals surface area (Å²) in [5.74, 6) is -1.44. The van der Waals surface area contributed by atoms with E-state index in [9.17, 15) is 22.8 Å². The van der Waals surface area contributed by atoms with Crippen molar-refractivity contribution < 1.29 is 32.2 Å². The van der Waals surface area contributed by atoms with Gasteiger partial charge in [-0.2, -0.15) is 0 Å². The van der Waals surface area contributed by atoms with Gasteiger partial charge in [-0.15, -0.1) is 24.8 Å². The van der Waals surface area contributed by atoms with E-state index in [-0.39, 0.29) is 19.0 Å². The van der Waals surface area contributed by atoms with Gasteiger partial charge in [-0.3, -0.25) is 14.5 Å². The number of nitrogens with zero attached hydrogens (tertiary/aromatic N) is 2. The number of carbonyl (C=O) groups is 2. The Hall–Kier alpha value is -2.00. The number of ether oxygens (including phenoxy) is 2. The normalized spacial score (nSPS) is 27.5. The van der Waals surface area contributed by atoms with Gasteiger partial charge in [0, 0.05) is 11.8 Å². The molecule has 1 aromatic rings. The fourth-order valence-electron chi connectivity index (χ4n) is 2.54. The molecule has 1 aromatic carbocycles. The first-order valence-corrected chi connectivity index (χ1v) is 7.25. The molecule has 10 heteroatoms. The highest BCUT2D eigenvalue weighted by atomic mass is 35.5. The average Bonchev–Trinajstić information content (AvgIpc) is 2.84. The number of alkyl halides is 4. The maximum Gasteiger partial charge on any atom is 0.573 e. The Bertz CT molecular complexity index is 695. The van der Waals surface area contributed by atoms with Crippen LogP contribution >= 0.6 is 11.6 Å². The Morgan fingerprint density at radius 1 is 1.38 bits per heavy atom. The Labute approximate surface area is 139 Å². The maximum absolute atomic E-state index is 12.4. The van der Waals surface area contributed by atoms with Crippen molar-refractivity contribution in [3.63, 3.8) is 0 Å². The van der Waals surface area contributed by atoms with E-state index < -0.39 is 35.0 Å². The first-order valence-electron chi connectivity index (χ1n) is 6.87. The SMILES string of the molecule is CC1(Cl)CN(C2OCN(c3cccc(OC(F)(F)F)c3)C2=O)C1=O. The van der Waals surface area contributed by atoms with E-state index in [0.29, 0.717) is 0 Å². The van der Waals surface area contributed by atoms with Crippen LogP contribution in [0.4, 0.5) is 18.9 Å². The van der Waals surface area contributed by atoms with Crippen molar-refractivity contribution in [1.82, 2.24) is 4.90 Å². The molecule has 0 saturated carbocycles. The molecule has 0 bridgehead atoms. The van der Waals surface area contributed by atoms with Gasteiger partial charge in [0.2, 0.25) is 12.1 Å². The zero-order valence-electron chi connectivity index (χ0n) is 12.3. The number of β-lactam (4-membered cyclic amide) rings is 1. The largest absolute Gasteiger partial charge is 0.573 e. The quantitative estimate of drug-likeness (QED) is 0.608. The van der Waals surface area contributed by atoms with Crippen molar-refractivity contribution in [2.45, 2.75) is 24.4 Å². The monoisotopic (exact) mass is 364 g/mol. The van der Waals surface area contributed by atoms with E-state index in [0.717, 1.165) is 17.0 Å². The second-order valence-electron chi connectivity index (χ2n) is 5.59. The molecule has 3 rings (SSSR count). The summed E-state index contributed by atoms with van der Waals surface area (Å²) in [6, 6.07) is 4.95. The van der Waals surface area contributed by atoms with Crippen LogP contribution in [0.1, 0.15) is 6.92 Å². The Morgan fingerprint density at radius 3 is 2.67 bits per heavy atom. The molecule has 2 unspecified atom stereocenters. The van der Waals surface area contributed by atoms with Crippen LogP contribution in [-0.2, 0) is 14.3 Å². The zero-order chi connectivity index (χ0) is 17.7. The topological polar surface area (TPSA) is 59.1 Å². The van der Waals surface area contributed by atoms with Crippen molar-refractivity contribution in [3.05, 3.63) is 24.3 Å². The van der Waals surface area contributed by atoms with Gasteiger partial charge >= 0.3 is 6.36 Å². The maximum atomic E-state index is 12.4. The standard InChI is InChI=1S/C14H12ClF3N2O4/c1-13(15)6-19(12(13)22)11-10(21)20(7-23-11)8-3-2-4-9(5-8)24-14(16,17)18/h2-5,11H,6-7H2,1H3. The third-order valence-electron chi connectivity index (χ3n) is 3.66. The molecule has 0 aromatic heterocycles. The Balaban J connectivity index is 1.74. The van der Waals surface area contributed by atoms with Crippen molar-refractivity contribution in [1.29, 1.82) is 0 Å². The van der Waals surface area contributed by atoms with Crippen LogP contribution in [-0.4, -0.2) is 47.5 Å². The minimum atomic E-state index is -4.83. The van der Waals surface area contributed by atoms with E-state index >= 15 is 0 Å². The summed E-state index contributed by atoms with van der Waals surface area (Å²) in [5, 5.41) is 0. The van der Waals surface area contributed by atoms with Gasteiger partial charge in [0.25, 0.3) is 5.91 Å². The number of rotatable bonds is 3. The molecule has 24 heavy (non-hydrogen) atoms. The fourth-order valence-corrected chi connectivity index (χ4v) is 2.78. The minimum Gasteiger partial charge on any atom is -0.406 e. The van der Waals surface area contributed by atoms with Gasteiger partial charge in [0.1, 0.15) is 17.4 Å². The summed E-state index contributed by atoms with van der Waals surface area (Å²) in [6.07, 6.45) is -5.96. The molecule has 2 saturated heterocycles. The molecular weight excluding hydrogens is 353 g/mol. The molecule has 2 fully saturated rings. The van der Waals surface area contributed by atoms with Crippen molar-refractivity contribution in [2.75, 3.05) is 18.2 Å². The fraction of sp³-hybridized carbons (Fsp3) is 0.429. The van der Waals surface area contributed by atoms with Gasteiger partial charge in [0.15, 0.2) is 0 Å². The number of anilines is 1. The highest BCUT2D eigenvalue weighted by molar-refractivity contribution is 6.37. The molecule has 0 radical (unpaired) electrons. The molecule has 2 amide bonds. The lowest BCUT2D eigenvalue weighted by atomic mass is 10.00. The lowest BCUT2D eigenvalue weighted by Gasteiger charge is -2.44. The molecule has 0 aliphatic carbocycles. The summed E-state index contributed by atoms with van der Waals surface area (Å²) in [6.45, 7) is 1.49. The molecule has 6 nitrogen and oxygen atoms in total. The molecule has 2 aliphatic rings. The van der Waals surface area contributed by atoms with Gasteiger partial charge in [-0.1, -0.05) is 6.07 Å². The van der Waals surface area contributed by atoms with E-state index in [1.807, 2.05) is 0 Å². The predicted molar refractivity (Wildman–Crippen MR) is 76.3 cm³/mol. The van der Waals surface area contributed by atoms with Crippen LogP contribution < -0.4 is 9.64 Å². The highest BCUT2D eigenvalue weighted by Crippen LogP contribution is 2.35. The highest BCUT2D eigenvalue weighted by Gasteiger charge is 2.54. The lowest BCUT2D eigenvalue weighted by molar-refractivity contribution is -0.274. The summed E-state index contributed by atoms with van der Waals surface area (Å²) in [7, 11) is 0. The molecule has 130 valence electrons. The number of amides is 2. The second kappa shape index (κ2) is 5.52. The summed E-state index contributed by atoms with van der Waals surface area (Å²) in [5.41, 5.74) is 0.172. The first kappa shape index (κ1) is 16.8. The smallest absolute Gasteiger partial charge is 0.406 e. The average molecular weight is 365 g/mol. The number of benzene rings is 1. The molecule has 2 atom stereocenters. The van der Waals surface area contributed by atoms with Crippen LogP contribution in [0.2, 0.25) is 0 Å². The van der Waals surface area contributed by atoms with Crippen LogP contribution in [0, 0.1) is 0 Å². The van der Waals surface area contributed by atoms with Crippen LogP contribution in [0.25, 0.3) is 0 Å². The zero-order valence-corrected chi connectivity index (χ0v) is 13.1. The third kappa shape index (κ3) is 3.01. The van der Waals surface area contributed by atoms with Crippen LogP contribution in [0.15, 0.2) is 24.3 Å². The number of carbonyl (C=O) groups excluding carboxylic acids is 2. The van der Waals surface area contributed by atoms with E-state index in [4.69, 9.17) is 16.3 Å². The van der Waals surface area contributed by atoms with Gasteiger partial charge in [-0.25, -0.2) is 0 Å². The lowest BCUT2D eigenvalue weighted by Crippen LogP contribution is -2.66. The molecule has 0 spiro atoms. The number of halogens is 4. The third-order valence-corrected chi connectivity index (χ3v) is 3.94. The van der Waals surface area contributed by atoms with Crippen molar-refractivity contribution >= 4 is 29.1 Å². The van der Waals surface area contributed by atoms with Gasteiger partial charge in [-0.05, 0) is 19.1 Å².